The van der Waals surface area contributed by atoms with E-state index in [1.54, 1.807) is 0 Å². The van der Waals surface area contributed by atoms with E-state index in [2.05, 4.69) is 29.9 Å². The SMILES string of the molecule is Nc1ncnc2c1ncn2[C@H]1O[C@H]2COP(=O)(O)O[C@@H]3[C@H](O)[C@@H](n4cnc5c(N)ncnc54)O[C@H]3COP(=O)(O)O[C@@H]2[C@@H]1O. The number of nitrogens with two attached hydrogens (primary N) is 2. The van der Waals surface area contributed by atoms with Crippen molar-refractivity contribution >= 4 is 49.6 Å². The molecule has 0 radical (unpaired) electrons. The highest BCUT2D eigenvalue weighted by molar-refractivity contribution is 7.47. The second-order valence-corrected chi connectivity index (χ2v) is 12.8. The summed E-state index contributed by atoms with van der Waals surface area (Å²) >= 11 is 0. The number of aromatic nitrogens is 8. The zero-order valence-electron chi connectivity index (χ0n) is 22.0. The van der Waals surface area contributed by atoms with Crippen LogP contribution < -0.4 is 11.5 Å². The molecule has 8 N–H and O–H groups in total. The van der Waals surface area contributed by atoms with E-state index < -0.39 is 77.9 Å². The lowest BCUT2D eigenvalue weighted by atomic mass is 10.1. The van der Waals surface area contributed by atoms with E-state index in [1.807, 2.05) is 0 Å². The van der Waals surface area contributed by atoms with Gasteiger partial charge in [0, 0.05) is 0 Å². The zero-order valence-corrected chi connectivity index (χ0v) is 23.8. The second kappa shape index (κ2) is 10.7. The Balaban J connectivity index is 1.17. The van der Waals surface area contributed by atoms with Gasteiger partial charge >= 0.3 is 15.6 Å². The van der Waals surface area contributed by atoms with E-state index in [9.17, 15) is 29.1 Å². The van der Waals surface area contributed by atoms with Gasteiger partial charge in [-0.25, -0.2) is 39.0 Å². The average Bonchev–Trinajstić information content (AvgIpc) is 3.73. The van der Waals surface area contributed by atoms with Gasteiger partial charge in [-0.15, -0.1) is 0 Å². The lowest BCUT2D eigenvalue weighted by Crippen LogP contribution is -2.39. The molecule has 4 aromatic rings. The molecule has 0 bridgehead atoms. The fraction of sp³-hybridized carbons (Fsp3) is 0.500. The number of nitrogens with zero attached hydrogens (tertiary/aromatic N) is 8. The van der Waals surface area contributed by atoms with Crippen molar-refractivity contribution in [2.24, 2.45) is 0 Å². The lowest BCUT2D eigenvalue weighted by Gasteiger charge is -2.27. The van der Waals surface area contributed by atoms with Crippen LogP contribution in [-0.2, 0) is 36.7 Å². The topological polar surface area (TPSA) is 310 Å². The van der Waals surface area contributed by atoms with Crippen LogP contribution in [0.25, 0.3) is 22.3 Å². The summed E-state index contributed by atoms with van der Waals surface area (Å²) in [6.45, 7) is -1.56. The summed E-state index contributed by atoms with van der Waals surface area (Å²) in [5.41, 5.74) is 12.4. The largest absolute Gasteiger partial charge is 0.472 e. The minimum absolute atomic E-state index is 0.0507. The predicted molar refractivity (Wildman–Crippen MR) is 141 cm³/mol. The van der Waals surface area contributed by atoms with Gasteiger partial charge < -0.3 is 40.9 Å². The van der Waals surface area contributed by atoms with Crippen LogP contribution in [0.15, 0.2) is 25.3 Å². The molecular formula is C20H24N10O12P2. The molecule has 7 rings (SSSR count). The Morgan fingerprint density at radius 3 is 1.52 bits per heavy atom. The summed E-state index contributed by atoms with van der Waals surface area (Å²) < 4.78 is 61.2. The summed E-state index contributed by atoms with van der Waals surface area (Å²) in [6.07, 6.45) is -7.30. The van der Waals surface area contributed by atoms with Gasteiger partial charge in [-0.2, -0.15) is 0 Å². The normalized spacial score (nSPS) is 38.3. The average molecular weight is 658 g/mol. The number of imidazole rings is 2. The number of hydrogen-bond acceptors (Lipinski definition) is 18. The highest BCUT2D eigenvalue weighted by atomic mass is 31.2. The van der Waals surface area contributed by atoms with Gasteiger partial charge in [0.05, 0.1) is 25.9 Å². The zero-order chi connectivity index (χ0) is 31.0. The number of aliphatic hydroxyl groups is 2. The van der Waals surface area contributed by atoms with Gasteiger partial charge in [0.15, 0.2) is 35.4 Å². The van der Waals surface area contributed by atoms with E-state index in [0.29, 0.717) is 0 Å². The minimum atomic E-state index is -5.00. The van der Waals surface area contributed by atoms with E-state index in [4.69, 9.17) is 39.0 Å². The van der Waals surface area contributed by atoms with Crippen LogP contribution >= 0.6 is 15.6 Å². The van der Waals surface area contributed by atoms with E-state index in [1.165, 1.54) is 21.8 Å². The van der Waals surface area contributed by atoms with Crippen molar-refractivity contribution in [3.05, 3.63) is 25.3 Å². The molecule has 0 aromatic carbocycles. The van der Waals surface area contributed by atoms with Crippen LogP contribution in [0.2, 0.25) is 0 Å². The van der Waals surface area contributed by atoms with Crippen LogP contribution in [0.1, 0.15) is 12.5 Å². The molecular weight excluding hydrogens is 634 g/mol. The standard InChI is InChI=1S/C20H24N10O12P2/c21-15-9-17(25-3-23-15)29(5-27-9)19-11(31)13-7(39-19)1-37-43(33,34)42-14-8(2-38-44(35,36)41-13)40-20(12(14)32)30-6-28-10-16(22)24-4-26-18(10)30/h3-8,11-14,19-20,31-32H,1-2H2,(H,33,34)(H,35,36)(H2,21,23,25)(H2,22,24,26)/t7-,8-,11-,12-,13-,14-,19-,20-/m0/s1. The fourth-order valence-electron chi connectivity index (χ4n) is 5.24. The number of phosphoric ester groups is 2. The number of hydrogen-bond donors (Lipinski definition) is 6. The molecule has 3 aliphatic rings. The lowest BCUT2D eigenvalue weighted by molar-refractivity contribution is -0.0664. The molecule has 7 heterocycles. The highest BCUT2D eigenvalue weighted by Crippen LogP contribution is 2.53. The van der Waals surface area contributed by atoms with Crippen molar-refractivity contribution in [3.63, 3.8) is 0 Å². The number of fused-ring (bicyclic) bond motifs is 4. The van der Waals surface area contributed by atoms with Crippen molar-refractivity contribution in [2.45, 2.75) is 49.1 Å². The molecule has 0 amide bonds. The van der Waals surface area contributed by atoms with Crippen LogP contribution in [-0.4, -0.2) is 109 Å². The Hall–Kier alpha value is -3.24. The van der Waals surface area contributed by atoms with E-state index in [0.717, 1.165) is 12.7 Å². The van der Waals surface area contributed by atoms with Gasteiger partial charge in [0.25, 0.3) is 0 Å². The molecule has 3 fully saturated rings. The first-order valence-corrected chi connectivity index (χ1v) is 15.8. The molecule has 2 unspecified atom stereocenters. The number of aliphatic hydroxyl groups excluding tert-OH is 2. The first-order valence-electron chi connectivity index (χ1n) is 12.8. The van der Waals surface area contributed by atoms with E-state index >= 15 is 0 Å². The first-order chi connectivity index (χ1) is 20.9. The first kappa shape index (κ1) is 29.5. The second-order valence-electron chi connectivity index (χ2n) is 9.95. The van der Waals surface area contributed by atoms with Crippen molar-refractivity contribution in [3.8, 4) is 0 Å². The Kier molecular flexibility index (Phi) is 7.16. The molecule has 0 aliphatic carbocycles. The maximum absolute atomic E-state index is 13.1. The molecule has 236 valence electrons. The van der Waals surface area contributed by atoms with Gasteiger partial charge in [-0.05, 0) is 0 Å². The smallest absolute Gasteiger partial charge is 0.386 e. The summed E-state index contributed by atoms with van der Waals surface area (Å²) in [4.78, 5) is 45.3. The van der Waals surface area contributed by atoms with Crippen LogP contribution in [0, 0.1) is 0 Å². The maximum atomic E-state index is 13.1. The van der Waals surface area contributed by atoms with Crippen LogP contribution in [0.5, 0.6) is 0 Å². The molecule has 4 aromatic heterocycles. The number of rotatable bonds is 2. The monoisotopic (exact) mass is 658 g/mol. The molecule has 0 spiro atoms. The molecule has 24 heteroatoms. The summed E-state index contributed by atoms with van der Waals surface area (Å²) in [5, 5.41) is 22.2. The molecule has 3 aliphatic heterocycles. The third-order valence-electron chi connectivity index (χ3n) is 7.26. The van der Waals surface area contributed by atoms with Crippen molar-refractivity contribution in [2.75, 3.05) is 24.7 Å². The molecule has 3 saturated heterocycles. The van der Waals surface area contributed by atoms with Gasteiger partial charge in [0.1, 0.15) is 60.3 Å². The molecule has 0 saturated carbocycles. The predicted octanol–water partition coefficient (Wildman–Crippen LogP) is -1.63. The minimum Gasteiger partial charge on any atom is -0.386 e. The molecule has 10 atom stereocenters. The number of phosphoric acid groups is 2. The Morgan fingerprint density at radius 2 is 1.11 bits per heavy atom. The Bertz CT molecular complexity index is 1690. The van der Waals surface area contributed by atoms with Crippen molar-refractivity contribution in [1.29, 1.82) is 0 Å². The Morgan fingerprint density at radius 1 is 0.705 bits per heavy atom. The number of anilines is 2. The summed E-state index contributed by atoms with van der Waals surface area (Å²) in [6, 6.07) is 0. The van der Waals surface area contributed by atoms with E-state index in [-0.39, 0.29) is 34.0 Å². The van der Waals surface area contributed by atoms with Gasteiger partial charge in [-0.3, -0.25) is 27.2 Å². The Labute approximate surface area is 244 Å². The summed E-state index contributed by atoms with van der Waals surface area (Å²) in [7, 11) is -10.0. The van der Waals surface area contributed by atoms with Crippen LogP contribution in [0.4, 0.5) is 11.6 Å². The van der Waals surface area contributed by atoms with Crippen molar-refractivity contribution < 1.29 is 56.7 Å². The number of nitrogen functional groups attached to an aromatic ring is 2. The summed E-state index contributed by atoms with van der Waals surface area (Å²) in [5.74, 6) is 0.101. The third kappa shape index (κ3) is 5.04. The quantitative estimate of drug-likeness (QED) is 0.132. The van der Waals surface area contributed by atoms with Crippen LogP contribution in [0.3, 0.4) is 0 Å². The van der Waals surface area contributed by atoms with Gasteiger partial charge in [0.2, 0.25) is 0 Å². The highest BCUT2D eigenvalue weighted by Gasteiger charge is 2.54. The molecule has 22 nitrogen and oxygen atoms in total. The molecule has 44 heavy (non-hydrogen) atoms. The maximum Gasteiger partial charge on any atom is 0.472 e. The fourth-order valence-corrected chi connectivity index (χ4v) is 7.17. The third-order valence-corrected chi connectivity index (χ3v) is 9.23. The number of ether oxygens (including phenoxy) is 2. The van der Waals surface area contributed by atoms with Crippen molar-refractivity contribution in [1.82, 2.24) is 39.0 Å². The van der Waals surface area contributed by atoms with Gasteiger partial charge in [-0.1, -0.05) is 0 Å².